The van der Waals surface area contributed by atoms with Crippen molar-refractivity contribution in [2.75, 3.05) is 13.2 Å². The lowest BCUT2D eigenvalue weighted by Gasteiger charge is -2.31. The molecule has 0 bridgehead atoms. The highest BCUT2D eigenvalue weighted by atomic mass is 16.6. The molecule has 0 aliphatic carbocycles. The Morgan fingerprint density at radius 3 is 2.65 bits per heavy atom. The molecule has 1 fully saturated rings. The first kappa shape index (κ1) is 20.4. The first-order valence-corrected chi connectivity index (χ1v) is 9.15. The van der Waals surface area contributed by atoms with Gasteiger partial charge in [-0.1, -0.05) is 33.6 Å². The smallest absolute Gasteiger partial charge is 0.323 e. The van der Waals surface area contributed by atoms with Gasteiger partial charge in [0, 0.05) is 13.2 Å². The Hall–Kier alpha value is -0.650. The lowest BCUT2D eigenvalue weighted by Crippen LogP contribution is -2.43. The van der Waals surface area contributed by atoms with Crippen molar-refractivity contribution in [3.8, 4) is 0 Å². The monoisotopic (exact) mass is 329 g/mol. The molecular weight excluding hydrogens is 294 g/mol. The quantitative estimate of drug-likeness (QED) is 0.547. The minimum Gasteiger partial charge on any atom is -0.459 e. The van der Waals surface area contributed by atoms with Gasteiger partial charge in [-0.2, -0.15) is 0 Å². The largest absolute Gasteiger partial charge is 0.459 e. The molecule has 0 unspecified atom stereocenters. The average molecular weight is 329 g/mol. The van der Waals surface area contributed by atoms with Crippen molar-refractivity contribution in [2.24, 2.45) is 11.7 Å². The molecule has 1 heterocycles. The SMILES string of the molecule is CCCCCO[C@H]1[C@H](C)OC(=O)[C@@H](N)CCC[C@@H]1OCC(C)C. The van der Waals surface area contributed by atoms with Gasteiger partial charge in [-0.05, 0) is 38.5 Å². The molecule has 1 aliphatic rings. The zero-order chi connectivity index (χ0) is 17.2. The highest BCUT2D eigenvalue weighted by Gasteiger charge is 2.34. The number of unbranched alkanes of at least 4 members (excludes halogenated alkanes) is 2. The van der Waals surface area contributed by atoms with Gasteiger partial charge in [-0.25, -0.2) is 0 Å². The molecule has 0 aromatic carbocycles. The maximum Gasteiger partial charge on any atom is 0.323 e. The highest BCUT2D eigenvalue weighted by molar-refractivity contribution is 5.75. The van der Waals surface area contributed by atoms with Crippen LogP contribution in [0.5, 0.6) is 0 Å². The van der Waals surface area contributed by atoms with Gasteiger partial charge in [0.2, 0.25) is 0 Å². The summed E-state index contributed by atoms with van der Waals surface area (Å²) in [4.78, 5) is 12.0. The summed E-state index contributed by atoms with van der Waals surface area (Å²) in [5.74, 6) is 0.132. The molecule has 0 aromatic heterocycles. The fraction of sp³-hybridized carbons (Fsp3) is 0.944. The number of esters is 1. The van der Waals surface area contributed by atoms with Gasteiger partial charge < -0.3 is 19.9 Å². The van der Waals surface area contributed by atoms with E-state index in [1.165, 1.54) is 0 Å². The Balaban J connectivity index is 2.73. The first-order chi connectivity index (χ1) is 11.0. The Morgan fingerprint density at radius 1 is 1.26 bits per heavy atom. The zero-order valence-electron chi connectivity index (χ0n) is 15.3. The fourth-order valence-electron chi connectivity index (χ4n) is 2.77. The van der Waals surface area contributed by atoms with Gasteiger partial charge in [0.15, 0.2) is 0 Å². The predicted molar refractivity (Wildman–Crippen MR) is 91.2 cm³/mol. The number of cyclic esters (lactones) is 1. The number of carbonyl (C=O) groups is 1. The molecule has 0 amide bonds. The molecule has 0 saturated carbocycles. The molecule has 1 rings (SSSR count). The molecule has 136 valence electrons. The van der Waals surface area contributed by atoms with E-state index >= 15 is 0 Å². The number of hydrogen-bond donors (Lipinski definition) is 1. The van der Waals surface area contributed by atoms with Gasteiger partial charge >= 0.3 is 5.97 Å². The van der Waals surface area contributed by atoms with Crippen LogP contribution in [0, 0.1) is 5.92 Å². The van der Waals surface area contributed by atoms with Crippen molar-refractivity contribution in [3.05, 3.63) is 0 Å². The Kier molecular flexibility index (Phi) is 9.75. The maximum atomic E-state index is 12.0. The molecule has 23 heavy (non-hydrogen) atoms. The maximum absolute atomic E-state index is 12.0. The van der Waals surface area contributed by atoms with Crippen LogP contribution in [0.2, 0.25) is 0 Å². The molecule has 4 atom stereocenters. The summed E-state index contributed by atoms with van der Waals surface area (Å²) in [6.45, 7) is 9.67. The summed E-state index contributed by atoms with van der Waals surface area (Å²) >= 11 is 0. The van der Waals surface area contributed by atoms with E-state index in [9.17, 15) is 4.79 Å². The third-order valence-electron chi connectivity index (χ3n) is 4.14. The average Bonchev–Trinajstić information content (AvgIpc) is 2.54. The Labute approximate surface area is 141 Å². The Bertz CT molecular complexity index is 335. The molecular formula is C18H35NO4. The summed E-state index contributed by atoms with van der Waals surface area (Å²) in [5.41, 5.74) is 5.88. The minimum atomic E-state index is -0.540. The molecule has 5 heteroatoms. The second kappa shape index (κ2) is 11.0. The summed E-state index contributed by atoms with van der Waals surface area (Å²) in [5, 5.41) is 0. The summed E-state index contributed by atoms with van der Waals surface area (Å²) in [6, 6.07) is -0.540. The molecule has 1 aliphatic heterocycles. The van der Waals surface area contributed by atoms with Gasteiger partial charge in [0.05, 0.1) is 6.10 Å². The molecule has 0 radical (unpaired) electrons. The van der Waals surface area contributed by atoms with Crippen LogP contribution in [-0.4, -0.2) is 43.5 Å². The fourth-order valence-corrected chi connectivity index (χ4v) is 2.77. The Morgan fingerprint density at radius 2 is 2.00 bits per heavy atom. The van der Waals surface area contributed by atoms with Crippen molar-refractivity contribution in [2.45, 2.75) is 90.6 Å². The van der Waals surface area contributed by atoms with Crippen LogP contribution in [0.25, 0.3) is 0 Å². The van der Waals surface area contributed by atoms with E-state index in [1.54, 1.807) is 0 Å². The van der Waals surface area contributed by atoms with Crippen molar-refractivity contribution < 1.29 is 19.0 Å². The second-order valence-corrected chi connectivity index (χ2v) is 6.99. The minimum absolute atomic E-state index is 0.0490. The highest BCUT2D eigenvalue weighted by Crippen LogP contribution is 2.22. The van der Waals surface area contributed by atoms with Crippen molar-refractivity contribution in [1.29, 1.82) is 0 Å². The van der Waals surface area contributed by atoms with Crippen LogP contribution in [0.1, 0.15) is 66.2 Å². The van der Waals surface area contributed by atoms with Crippen LogP contribution in [0.4, 0.5) is 0 Å². The number of ether oxygens (including phenoxy) is 3. The van der Waals surface area contributed by atoms with Gasteiger partial charge in [-0.3, -0.25) is 4.79 Å². The lowest BCUT2D eigenvalue weighted by atomic mass is 10.0. The molecule has 0 aromatic rings. The molecule has 2 N–H and O–H groups in total. The molecule has 0 spiro atoms. The third kappa shape index (κ3) is 7.64. The van der Waals surface area contributed by atoms with Crippen LogP contribution in [-0.2, 0) is 19.0 Å². The summed E-state index contributed by atoms with van der Waals surface area (Å²) < 4.78 is 17.7. The van der Waals surface area contributed by atoms with E-state index in [0.717, 1.165) is 32.1 Å². The van der Waals surface area contributed by atoms with E-state index in [4.69, 9.17) is 19.9 Å². The predicted octanol–water partition coefficient (Wildman–Crippen LogP) is 3.05. The molecule has 5 nitrogen and oxygen atoms in total. The number of rotatable bonds is 8. The second-order valence-electron chi connectivity index (χ2n) is 6.99. The van der Waals surface area contributed by atoms with E-state index < -0.39 is 6.04 Å². The van der Waals surface area contributed by atoms with Crippen molar-refractivity contribution in [1.82, 2.24) is 0 Å². The topological polar surface area (TPSA) is 70.8 Å². The number of carbonyl (C=O) groups excluding carboxylic acids is 1. The zero-order valence-corrected chi connectivity index (χ0v) is 15.3. The van der Waals surface area contributed by atoms with Crippen molar-refractivity contribution in [3.63, 3.8) is 0 Å². The summed E-state index contributed by atoms with van der Waals surface area (Å²) in [7, 11) is 0. The van der Waals surface area contributed by atoms with Gasteiger partial charge in [0.1, 0.15) is 18.2 Å². The standard InChI is InChI=1S/C18H35NO4/c1-5-6-7-11-21-17-14(4)23-18(20)15(19)9-8-10-16(17)22-12-13(2)3/h13-17H,5-12,19H2,1-4H3/t14-,15-,16-,17-/m0/s1. The van der Waals surface area contributed by atoms with E-state index in [-0.39, 0.29) is 24.3 Å². The first-order valence-electron chi connectivity index (χ1n) is 9.15. The van der Waals surface area contributed by atoms with E-state index in [0.29, 0.717) is 25.6 Å². The lowest BCUT2D eigenvalue weighted by molar-refractivity contribution is -0.168. The number of hydrogen-bond acceptors (Lipinski definition) is 5. The van der Waals surface area contributed by atoms with Crippen LogP contribution in [0.15, 0.2) is 0 Å². The number of nitrogens with two attached hydrogens (primary N) is 1. The van der Waals surface area contributed by atoms with Crippen molar-refractivity contribution >= 4 is 5.97 Å². The van der Waals surface area contributed by atoms with Gasteiger partial charge in [-0.15, -0.1) is 0 Å². The normalized spacial score (nSPS) is 29.7. The third-order valence-corrected chi connectivity index (χ3v) is 4.14. The summed E-state index contributed by atoms with van der Waals surface area (Å²) in [6.07, 6.45) is 5.03. The van der Waals surface area contributed by atoms with E-state index in [2.05, 4.69) is 20.8 Å². The van der Waals surface area contributed by atoms with Crippen LogP contribution >= 0.6 is 0 Å². The molecule has 1 saturated heterocycles. The van der Waals surface area contributed by atoms with Crippen LogP contribution < -0.4 is 5.73 Å². The van der Waals surface area contributed by atoms with Crippen LogP contribution in [0.3, 0.4) is 0 Å². The van der Waals surface area contributed by atoms with Gasteiger partial charge in [0.25, 0.3) is 0 Å². The van der Waals surface area contributed by atoms with E-state index in [1.807, 2.05) is 6.92 Å².